The summed E-state index contributed by atoms with van der Waals surface area (Å²) in [7, 11) is 0. The van der Waals surface area contributed by atoms with E-state index in [1.807, 2.05) is 62.4 Å². The quantitative estimate of drug-likeness (QED) is 0.896. The molecule has 0 unspecified atom stereocenters. The SMILES string of the molecule is CC(C)NC(=O)c1ccccc1-c1ccc(CO)cc1. The van der Waals surface area contributed by atoms with Crippen LogP contribution >= 0.6 is 0 Å². The van der Waals surface area contributed by atoms with Gasteiger partial charge >= 0.3 is 0 Å². The van der Waals surface area contributed by atoms with E-state index in [1.165, 1.54) is 0 Å². The molecule has 3 heteroatoms. The molecule has 0 aliphatic carbocycles. The van der Waals surface area contributed by atoms with Gasteiger partial charge in [0, 0.05) is 11.6 Å². The third kappa shape index (κ3) is 3.25. The first-order valence-corrected chi connectivity index (χ1v) is 6.72. The van der Waals surface area contributed by atoms with Gasteiger partial charge in [0.2, 0.25) is 0 Å². The van der Waals surface area contributed by atoms with Crippen LogP contribution in [0, 0.1) is 0 Å². The molecule has 0 heterocycles. The fourth-order valence-electron chi connectivity index (χ4n) is 2.06. The van der Waals surface area contributed by atoms with Crippen molar-refractivity contribution in [3.05, 3.63) is 59.7 Å². The summed E-state index contributed by atoms with van der Waals surface area (Å²) in [4.78, 5) is 12.2. The molecule has 104 valence electrons. The molecule has 0 aliphatic rings. The predicted octanol–water partition coefficient (Wildman–Crippen LogP) is 2.98. The molecule has 2 aromatic rings. The van der Waals surface area contributed by atoms with Crippen molar-refractivity contribution in [3.8, 4) is 11.1 Å². The lowest BCUT2D eigenvalue weighted by Gasteiger charge is -2.12. The summed E-state index contributed by atoms with van der Waals surface area (Å²) in [6.45, 7) is 3.91. The number of nitrogens with one attached hydrogen (secondary N) is 1. The van der Waals surface area contributed by atoms with Crippen LogP contribution in [-0.4, -0.2) is 17.1 Å². The van der Waals surface area contributed by atoms with E-state index in [-0.39, 0.29) is 18.6 Å². The smallest absolute Gasteiger partial charge is 0.252 e. The predicted molar refractivity (Wildman–Crippen MR) is 80.4 cm³/mol. The molecule has 1 amide bonds. The van der Waals surface area contributed by atoms with E-state index in [2.05, 4.69) is 5.32 Å². The number of hydrogen-bond acceptors (Lipinski definition) is 2. The van der Waals surface area contributed by atoms with Gasteiger partial charge in [-0.05, 0) is 36.6 Å². The van der Waals surface area contributed by atoms with Crippen LogP contribution in [0.5, 0.6) is 0 Å². The van der Waals surface area contributed by atoms with Crippen molar-refractivity contribution in [2.75, 3.05) is 0 Å². The van der Waals surface area contributed by atoms with Crippen molar-refractivity contribution in [2.45, 2.75) is 26.5 Å². The summed E-state index contributed by atoms with van der Waals surface area (Å²) >= 11 is 0. The van der Waals surface area contributed by atoms with Gasteiger partial charge in [-0.15, -0.1) is 0 Å². The molecule has 20 heavy (non-hydrogen) atoms. The van der Waals surface area contributed by atoms with E-state index in [4.69, 9.17) is 5.11 Å². The fourth-order valence-corrected chi connectivity index (χ4v) is 2.06. The third-order valence-corrected chi connectivity index (χ3v) is 3.04. The van der Waals surface area contributed by atoms with Crippen LogP contribution in [0.2, 0.25) is 0 Å². The molecule has 0 radical (unpaired) electrons. The van der Waals surface area contributed by atoms with Crippen molar-refractivity contribution in [1.29, 1.82) is 0 Å². The minimum atomic E-state index is -0.0677. The number of hydrogen-bond donors (Lipinski definition) is 2. The zero-order chi connectivity index (χ0) is 14.5. The number of rotatable bonds is 4. The van der Waals surface area contributed by atoms with Crippen LogP contribution in [-0.2, 0) is 6.61 Å². The number of aliphatic hydroxyl groups is 1. The molecule has 0 bridgehead atoms. The first kappa shape index (κ1) is 14.3. The monoisotopic (exact) mass is 269 g/mol. The number of amides is 1. The Morgan fingerprint density at radius 1 is 1.10 bits per heavy atom. The minimum absolute atomic E-state index is 0.0236. The van der Waals surface area contributed by atoms with E-state index in [0.29, 0.717) is 5.56 Å². The van der Waals surface area contributed by atoms with Crippen molar-refractivity contribution >= 4 is 5.91 Å². The Kier molecular flexibility index (Phi) is 4.53. The lowest BCUT2D eigenvalue weighted by Crippen LogP contribution is -2.30. The Bertz CT molecular complexity index is 588. The summed E-state index contributed by atoms with van der Waals surface area (Å²) in [6, 6.07) is 15.2. The van der Waals surface area contributed by atoms with Gasteiger partial charge in [-0.1, -0.05) is 42.5 Å². The molecule has 2 aromatic carbocycles. The number of carbonyl (C=O) groups excluding carboxylic acids is 1. The highest BCUT2D eigenvalue weighted by atomic mass is 16.3. The molecule has 2 N–H and O–H groups in total. The fraction of sp³-hybridized carbons (Fsp3) is 0.235. The summed E-state index contributed by atoms with van der Waals surface area (Å²) in [5.41, 5.74) is 3.39. The zero-order valence-corrected chi connectivity index (χ0v) is 11.8. The van der Waals surface area contributed by atoms with Crippen LogP contribution in [0.1, 0.15) is 29.8 Å². The molecule has 3 nitrogen and oxygen atoms in total. The molecule has 0 aliphatic heterocycles. The third-order valence-electron chi connectivity index (χ3n) is 3.04. The van der Waals surface area contributed by atoms with E-state index in [1.54, 1.807) is 0 Å². The normalized spacial score (nSPS) is 10.6. The maximum atomic E-state index is 12.2. The number of aliphatic hydroxyl groups excluding tert-OH is 1. The van der Waals surface area contributed by atoms with Gasteiger partial charge in [-0.2, -0.15) is 0 Å². The van der Waals surface area contributed by atoms with E-state index >= 15 is 0 Å². The highest BCUT2D eigenvalue weighted by molar-refractivity contribution is 6.01. The maximum Gasteiger partial charge on any atom is 0.252 e. The molecular formula is C17H19NO2. The molecule has 0 fully saturated rings. The van der Waals surface area contributed by atoms with E-state index in [9.17, 15) is 4.79 Å². The number of carbonyl (C=O) groups is 1. The van der Waals surface area contributed by atoms with Crippen molar-refractivity contribution in [2.24, 2.45) is 0 Å². The first-order valence-electron chi connectivity index (χ1n) is 6.72. The lowest BCUT2D eigenvalue weighted by atomic mass is 9.98. The average molecular weight is 269 g/mol. The maximum absolute atomic E-state index is 12.2. The summed E-state index contributed by atoms with van der Waals surface area (Å²) in [5.74, 6) is -0.0677. The second-order valence-electron chi connectivity index (χ2n) is 5.03. The molecule has 0 saturated carbocycles. The van der Waals surface area contributed by atoms with Crippen molar-refractivity contribution in [1.82, 2.24) is 5.32 Å². The Labute approximate surface area is 119 Å². The van der Waals surface area contributed by atoms with Gasteiger partial charge in [0.15, 0.2) is 0 Å². The highest BCUT2D eigenvalue weighted by Gasteiger charge is 2.12. The Balaban J connectivity index is 2.38. The van der Waals surface area contributed by atoms with Crippen LogP contribution in [0.15, 0.2) is 48.5 Å². The van der Waals surface area contributed by atoms with E-state index < -0.39 is 0 Å². The molecule has 0 aromatic heterocycles. The molecular weight excluding hydrogens is 250 g/mol. The number of benzene rings is 2. The molecule has 0 saturated heterocycles. The van der Waals surface area contributed by atoms with Gasteiger partial charge in [0.25, 0.3) is 5.91 Å². The minimum Gasteiger partial charge on any atom is -0.392 e. The summed E-state index contributed by atoms with van der Waals surface area (Å²) in [5, 5.41) is 12.0. The zero-order valence-electron chi connectivity index (χ0n) is 11.8. The summed E-state index contributed by atoms with van der Waals surface area (Å²) in [6.07, 6.45) is 0. The van der Waals surface area contributed by atoms with Crippen LogP contribution in [0.4, 0.5) is 0 Å². The van der Waals surface area contributed by atoms with Gasteiger partial charge in [0.05, 0.1) is 6.61 Å². The standard InChI is InChI=1S/C17H19NO2/c1-12(2)18-17(20)16-6-4-3-5-15(16)14-9-7-13(11-19)8-10-14/h3-10,12,19H,11H2,1-2H3,(H,18,20). The Morgan fingerprint density at radius 2 is 1.75 bits per heavy atom. The molecule has 0 spiro atoms. The largest absolute Gasteiger partial charge is 0.392 e. The van der Waals surface area contributed by atoms with Crippen molar-refractivity contribution in [3.63, 3.8) is 0 Å². The highest BCUT2D eigenvalue weighted by Crippen LogP contribution is 2.24. The Hall–Kier alpha value is -2.13. The lowest BCUT2D eigenvalue weighted by molar-refractivity contribution is 0.0944. The second-order valence-corrected chi connectivity index (χ2v) is 5.03. The van der Waals surface area contributed by atoms with Gasteiger partial charge in [0.1, 0.15) is 0 Å². The van der Waals surface area contributed by atoms with Gasteiger partial charge in [-0.3, -0.25) is 4.79 Å². The molecule has 2 rings (SSSR count). The topological polar surface area (TPSA) is 49.3 Å². The van der Waals surface area contributed by atoms with Crippen molar-refractivity contribution < 1.29 is 9.90 Å². The van der Waals surface area contributed by atoms with Crippen LogP contribution in [0.3, 0.4) is 0 Å². The molecule has 0 atom stereocenters. The second kappa shape index (κ2) is 6.35. The van der Waals surface area contributed by atoms with Gasteiger partial charge in [-0.25, -0.2) is 0 Å². The van der Waals surface area contributed by atoms with Gasteiger partial charge < -0.3 is 10.4 Å². The average Bonchev–Trinajstić information content (AvgIpc) is 2.46. The van der Waals surface area contributed by atoms with Crippen LogP contribution < -0.4 is 5.32 Å². The Morgan fingerprint density at radius 3 is 2.35 bits per heavy atom. The van der Waals surface area contributed by atoms with Crippen LogP contribution in [0.25, 0.3) is 11.1 Å². The first-order chi connectivity index (χ1) is 9.61. The summed E-state index contributed by atoms with van der Waals surface area (Å²) < 4.78 is 0. The van der Waals surface area contributed by atoms with E-state index in [0.717, 1.165) is 16.7 Å².